The third kappa shape index (κ3) is 5.77. The highest BCUT2D eigenvalue weighted by Gasteiger charge is 1.92. The van der Waals surface area contributed by atoms with Crippen LogP contribution in [0.15, 0.2) is 24.3 Å². The van der Waals surface area contributed by atoms with Crippen LogP contribution in [0.2, 0.25) is 0 Å². The number of benzene rings is 1. The Bertz CT molecular complexity index is 313. The molecule has 4 N–H and O–H groups in total. The number of amidine groups is 1. The molecular weight excluding hydrogens is 180 g/mol. The minimum absolute atomic E-state index is 0.125. The number of carbonyl (C=O) groups is 1. The largest absolute Gasteiger partial charge is 0.481 e. The van der Waals surface area contributed by atoms with Gasteiger partial charge in [0.05, 0.1) is 0 Å². The fourth-order valence-corrected chi connectivity index (χ4v) is 0.733. The second kappa shape index (κ2) is 5.75. The summed E-state index contributed by atoms with van der Waals surface area (Å²) in [5.74, 6) is -0.708. The molecule has 0 spiro atoms. The van der Waals surface area contributed by atoms with Gasteiger partial charge in [-0.05, 0) is 6.92 Å². The standard InChI is InChI=1S/C8H10N2.C2H4O2/c1-6-2-4-7(5-3-6)8(9)10;1-2(3)4/h2-5H,1H3,(H3,9,10);1H3,(H,3,4). The van der Waals surface area contributed by atoms with Crippen molar-refractivity contribution < 1.29 is 9.90 Å². The van der Waals surface area contributed by atoms with Crippen LogP contribution in [0.4, 0.5) is 0 Å². The van der Waals surface area contributed by atoms with E-state index >= 15 is 0 Å². The van der Waals surface area contributed by atoms with E-state index in [9.17, 15) is 0 Å². The summed E-state index contributed by atoms with van der Waals surface area (Å²) in [5, 5.41) is 14.5. The number of rotatable bonds is 1. The van der Waals surface area contributed by atoms with Crippen LogP contribution in [0.3, 0.4) is 0 Å². The van der Waals surface area contributed by atoms with Crippen molar-refractivity contribution in [3.05, 3.63) is 35.4 Å². The van der Waals surface area contributed by atoms with Gasteiger partial charge in [0.25, 0.3) is 5.97 Å². The zero-order chi connectivity index (χ0) is 11.1. The summed E-state index contributed by atoms with van der Waals surface area (Å²) in [7, 11) is 0. The van der Waals surface area contributed by atoms with Crippen LogP contribution in [0.5, 0.6) is 0 Å². The Hall–Kier alpha value is -1.84. The van der Waals surface area contributed by atoms with E-state index in [0.717, 1.165) is 12.5 Å². The average Bonchev–Trinajstić information content (AvgIpc) is 2.03. The zero-order valence-corrected chi connectivity index (χ0v) is 8.24. The molecule has 0 heterocycles. The Labute approximate surface area is 82.9 Å². The van der Waals surface area contributed by atoms with Crippen molar-refractivity contribution in [2.45, 2.75) is 13.8 Å². The van der Waals surface area contributed by atoms with E-state index in [1.165, 1.54) is 5.56 Å². The predicted octanol–water partition coefficient (Wildman–Crippen LogP) is 1.37. The molecule has 0 saturated heterocycles. The maximum absolute atomic E-state index is 9.00. The number of nitrogens with two attached hydrogens (primary N) is 1. The van der Waals surface area contributed by atoms with Crippen LogP contribution in [-0.2, 0) is 4.79 Å². The van der Waals surface area contributed by atoms with Crippen molar-refractivity contribution in [1.29, 1.82) is 5.41 Å². The first-order chi connectivity index (χ1) is 6.43. The molecule has 0 amide bonds. The van der Waals surface area contributed by atoms with Crippen molar-refractivity contribution in [1.82, 2.24) is 0 Å². The Morgan fingerprint density at radius 3 is 2.00 bits per heavy atom. The maximum Gasteiger partial charge on any atom is 0.300 e. The SMILES string of the molecule is CC(=O)O.Cc1ccc(C(=N)N)cc1. The van der Waals surface area contributed by atoms with Crippen molar-refractivity contribution in [3.63, 3.8) is 0 Å². The molecule has 0 fully saturated rings. The minimum Gasteiger partial charge on any atom is -0.481 e. The zero-order valence-electron chi connectivity index (χ0n) is 8.24. The molecule has 0 aliphatic heterocycles. The van der Waals surface area contributed by atoms with Gasteiger partial charge in [-0.2, -0.15) is 0 Å². The monoisotopic (exact) mass is 194 g/mol. The molecule has 1 aromatic rings. The topological polar surface area (TPSA) is 87.2 Å². The number of nitrogens with one attached hydrogen (secondary N) is 1. The minimum atomic E-state index is -0.833. The molecular formula is C10H14N2O2. The third-order valence-corrected chi connectivity index (χ3v) is 1.36. The highest BCUT2D eigenvalue weighted by molar-refractivity contribution is 5.94. The van der Waals surface area contributed by atoms with Crippen LogP contribution >= 0.6 is 0 Å². The van der Waals surface area contributed by atoms with Gasteiger partial charge in [-0.15, -0.1) is 0 Å². The molecule has 0 unspecified atom stereocenters. The van der Waals surface area contributed by atoms with E-state index in [2.05, 4.69) is 0 Å². The first kappa shape index (κ1) is 12.2. The molecule has 0 aliphatic carbocycles. The molecule has 1 rings (SSSR count). The molecule has 0 aromatic heterocycles. The van der Waals surface area contributed by atoms with Gasteiger partial charge in [0, 0.05) is 12.5 Å². The van der Waals surface area contributed by atoms with E-state index < -0.39 is 5.97 Å². The molecule has 0 atom stereocenters. The number of carboxylic acids is 1. The summed E-state index contributed by atoms with van der Waals surface area (Å²) in [6.07, 6.45) is 0. The van der Waals surface area contributed by atoms with Crippen LogP contribution < -0.4 is 5.73 Å². The normalized spacial score (nSPS) is 8.43. The van der Waals surface area contributed by atoms with Crippen molar-refractivity contribution in [2.75, 3.05) is 0 Å². The summed E-state index contributed by atoms with van der Waals surface area (Å²) in [6.45, 7) is 3.09. The van der Waals surface area contributed by atoms with Crippen LogP contribution in [-0.4, -0.2) is 16.9 Å². The third-order valence-electron chi connectivity index (χ3n) is 1.36. The highest BCUT2D eigenvalue weighted by Crippen LogP contribution is 2.00. The van der Waals surface area contributed by atoms with Gasteiger partial charge in [-0.1, -0.05) is 29.8 Å². The lowest BCUT2D eigenvalue weighted by Gasteiger charge is -1.96. The van der Waals surface area contributed by atoms with E-state index in [0.29, 0.717) is 0 Å². The molecule has 1 aromatic carbocycles. The highest BCUT2D eigenvalue weighted by atomic mass is 16.4. The number of carboxylic acid groups (broad SMARTS) is 1. The number of hydrogen-bond acceptors (Lipinski definition) is 2. The molecule has 4 heteroatoms. The quantitative estimate of drug-likeness (QED) is 0.466. The van der Waals surface area contributed by atoms with Crippen LogP contribution in [0.25, 0.3) is 0 Å². The molecule has 0 saturated carbocycles. The summed E-state index contributed by atoms with van der Waals surface area (Å²) in [6, 6.07) is 7.57. The lowest BCUT2D eigenvalue weighted by atomic mass is 10.1. The number of nitrogen functional groups attached to an aromatic ring is 1. The van der Waals surface area contributed by atoms with E-state index in [-0.39, 0.29) is 5.84 Å². The van der Waals surface area contributed by atoms with Gasteiger partial charge in [0.15, 0.2) is 0 Å². The lowest BCUT2D eigenvalue weighted by Crippen LogP contribution is -2.10. The van der Waals surface area contributed by atoms with E-state index in [4.69, 9.17) is 21.0 Å². The Morgan fingerprint density at radius 1 is 1.36 bits per heavy atom. The Kier molecular flexibility index (Phi) is 4.99. The first-order valence-electron chi connectivity index (χ1n) is 4.04. The van der Waals surface area contributed by atoms with Gasteiger partial charge < -0.3 is 10.8 Å². The van der Waals surface area contributed by atoms with Gasteiger partial charge >= 0.3 is 0 Å². The summed E-state index contributed by atoms with van der Waals surface area (Å²) in [5.41, 5.74) is 7.22. The Morgan fingerprint density at radius 2 is 1.71 bits per heavy atom. The first-order valence-corrected chi connectivity index (χ1v) is 4.04. The van der Waals surface area contributed by atoms with Crippen molar-refractivity contribution in [3.8, 4) is 0 Å². The number of aliphatic carboxylic acids is 1. The fraction of sp³-hybridized carbons (Fsp3) is 0.200. The molecule has 0 bridgehead atoms. The maximum atomic E-state index is 9.00. The van der Waals surface area contributed by atoms with Gasteiger partial charge in [-0.3, -0.25) is 10.2 Å². The number of aryl methyl sites for hydroxylation is 1. The predicted molar refractivity (Wildman–Crippen MR) is 55.5 cm³/mol. The van der Waals surface area contributed by atoms with Crippen molar-refractivity contribution in [2.24, 2.45) is 5.73 Å². The average molecular weight is 194 g/mol. The molecule has 0 radical (unpaired) electrons. The molecule has 4 nitrogen and oxygen atoms in total. The summed E-state index contributed by atoms with van der Waals surface area (Å²) in [4.78, 5) is 9.00. The van der Waals surface area contributed by atoms with Crippen LogP contribution in [0.1, 0.15) is 18.1 Å². The van der Waals surface area contributed by atoms with E-state index in [1.807, 2.05) is 31.2 Å². The molecule has 76 valence electrons. The summed E-state index contributed by atoms with van der Waals surface area (Å²) < 4.78 is 0. The number of hydrogen-bond donors (Lipinski definition) is 3. The second-order valence-corrected chi connectivity index (χ2v) is 2.80. The van der Waals surface area contributed by atoms with Gasteiger partial charge in [-0.25, -0.2) is 0 Å². The molecule has 14 heavy (non-hydrogen) atoms. The van der Waals surface area contributed by atoms with Gasteiger partial charge in [0.2, 0.25) is 0 Å². The smallest absolute Gasteiger partial charge is 0.300 e. The van der Waals surface area contributed by atoms with Crippen LogP contribution in [0, 0.1) is 12.3 Å². The Balaban J connectivity index is 0.000000364. The van der Waals surface area contributed by atoms with Crippen molar-refractivity contribution >= 4 is 11.8 Å². The fourth-order valence-electron chi connectivity index (χ4n) is 0.733. The summed E-state index contributed by atoms with van der Waals surface area (Å²) >= 11 is 0. The second-order valence-electron chi connectivity index (χ2n) is 2.80. The molecule has 0 aliphatic rings. The van der Waals surface area contributed by atoms with Gasteiger partial charge in [0.1, 0.15) is 5.84 Å². The lowest BCUT2D eigenvalue weighted by molar-refractivity contribution is -0.134. The van der Waals surface area contributed by atoms with E-state index in [1.54, 1.807) is 0 Å².